The zero-order valence-corrected chi connectivity index (χ0v) is 18.3. The summed E-state index contributed by atoms with van der Waals surface area (Å²) >= 11 is 12.0. The topological polar surface area (TPSA) is 73.3 Å². The number of halogens is 2. The quantitative estimate of drug-likeness (QED) is 0.248. The minimum absolute atomic E-state index is 0.0183. The molecule has 2 aromatic carbocycles. The maximum Gasteiger partial charge on any atom is 0.266 e. The number of aromatic nitrogens is 1. The van der Waals surface area contributed by atoms with Crippen LogP contribution in [0.2, 0.25) is 10.0 Å². The number of carbonyl (C=O) groups excluding carboxylic acids is 2. The molecule has 0 spiro atoms. The highest BCUT2D eigenvalue weighted by atomic mass is 35.5. The Morgan fingerprint density at radius 2 is 1.42 bits per heavy atom. The van der Waals surface area contributed by atoms with E-state index in [0.717, 1.165) is 22.3 Å². The predicted molar refractivity (Wildman–Crippen MR) is 119 cm³/mol. The Balaban J connectivity index is 1.53. The van der Waals surface area contributed by atoms with Gasteiger partial charge in [-0.2, -0.15) is 4.98 Å². The average molecular weight is 452 g/mol. The molecular weight excluding hydrogens is 437 g/mol. The molecule has 0 fully saturated rings. The first kappa shape index (κ1) is 19.8. The molecule has 1 aliphatic rings. The average Bonchev–Trinajstić information content (AvgIpc) is 3.30. The number of benzene rings is 2. The third-order valence-electron chi connectivity index (χ3n) is 5.32. The predicted octanol–water partition coefficient (Wildman–Crippen LogP) is 6.78. The number of fused-ring (bicyclic) bond motifs is 2. The monoisotopic (exact) mass is 451 g/mol. The second-order valence-electron chi connectivity index (χ2n) is 7.64. The van der Waals surface area contributed by atoms with Crippen LogP contribution in [0.5, 0.6) is 0 Å². The van der Waals surface area contributed by atoms with Gasteiger partial charge in [-0.25, -0.2) is 0 Å². The largest absolute Gasteiger partial charge is 0.436 e. The summed E-state index contributed by atoms with van der Waals surface area (Å²) in [6, 6.07) is 8.57. The molecule has 0 radical (unpaired) electrons. The number of aryl methyl sites for hydroxylation is 3. The third-order valence-corrected chi connectivity index (χ3v) is 6.05. The Bertz CT molecular complexity index is 1370. The Morgan fingerprint density at radius 1 is 0.839 bits per heavy atom. The van der Waals surface area contributed by atoms with Gasteiger partial charge in [-0.1, -0.05) is 40.9 Å². The maximum absolute atomic E-state index is 12.7. The molecule has 0 N–H and O–H groups in total. The van der Waals surface area contributed by atoms with E-state index in [0.29, 0.717) is 22.9 Å². The van der Waals surface area contributed by atoms with Crippen molar-refractivity contribution in [1.82, 2.24) is 4.98 Å². The summed E-state index contributed by atoms with van der Waals surface area (Å²) in [6.45, 7) is 6.05. The highest BCUT2D eigenvalue weighted by molar-refractivity contribution is 6.46. The molecule has 2 heterocycles. The molecule has 0 unspecified atom stereocenters. The van der Waals surface area contributed by atoms with Gasteiger partial charge in [-0.3, -0.25) is 9.59 Å². The van der Waals surface area contributed by atoms with E-state index in [4.69, 9.17) is 32.0 Å². The van der Waals surface area contributed by atoms with Crippen molar-refractivity contribution < 1.29 is 18.4 Å². The van der Waals surface area contributed by atoms with Crippen molar-refractivity contribution in [3.05, 3.63) is 79.5 Å². The zero-order chi connectivity index (χ0) is 22.0. The molecule has 0 bridgehead atoms. The van der Waals surface area contributed by atoms with E-state index in [1.165, 1.54) is 18.2 Å². The number of rotatable bonds is 2. The first-order valence-electron chi connectivity index (χ1n) is 9.51. The normalized spacial score (nSPS) is 13.4. The van der Waals surface area contributed by atoms with Crippen molar-refractivity contribution in [2.45, 2.75) is 20.8 Å². The van der Waals surface area contributed by atoms with Crippen molar-refractivity contribution in [3.63, 3.8) is 0 Å². The number of Topliss-reactive ketones (excluding diaryl/α,β-unsaturated/α-hetero) is 2. The van der Waals surface area contributed by atoms with Gasteiger partial charge in [0, 0.05) is 22.8 Å². The summed E-state index contributed by atoms with van der Waals surface area (Å²) in [7, 11) is 0. The Morgan fingerprint density at radius 3 is 1.97 bits per heavy atom. The van der Waals surface area contributed by atoms with Gasteiger partial charge >= 0.3 is 0 Å². The summed E-state index contributed by atoms with van der Waals surface area (Å²) in [5.41, 5.74) is 5.36. The Labute approximate surface area is 187 Å². The van der Waals surface area contributed by atoms with Crippen LogP contribution in [0, 0.1) is 20.8 Å². The Hall–Kier alpha value is -3.15. The van der Waals surface area contributed by atoms with E-state index >= 15 is 0 Å². The molecule has 5 nitrogen and oxygen atoms in total. The second kappa shape index (κ2) is 6.94. The van der Waals surface area contributed by atoms with Gasteiger partial charge in [0.05, 0.1) is 15.6 Å². The van der Waals surface area contributed by atoms with Gasteiger partial charge in [0.15, 0.2) is 17.1 Å². The lowest BCUT2D eigenvalue weighted by molar-refractivity contribution is 0.0990. The van der Waals surface area contributed by atoms with Gasteiger partial charge in [0.25, 0.3) is 5.71 Å². The maximum atomic E-state index is 12.7. The van der Waals surface area contributed by atoms with Crippen molar-refractivity contribution >= 4 is 52.1 Å². The van der Waals surface area contributed by atoms with Crippen LogP contribution >= 0.6 is 23.2 Å². The fraction of sp³-hybridized carbons (Fsp3) is 0.125. The molecule has 154 valence electrons. The van der Waals surface area contributed by atoms with Crippen LogP contribution in [0.25, 0.3) is 28.8 Å². The molecule has 0 aliphatic heterocycles. The van der Waals surface area contributed by atoms with Crippen LogP contribution in [0.4, 0.5) is 0 Å². The zero-order valence-electron chi connectivity index (χ0n) is 16.8. The SMILES string of the molecule is Cc1cc(C)c(-c2nc3oc(C=C4C(=O)c5cc(Cl)c(Cl)cc5C4=O)cc3o2)c(C)c1. The molecule has 1 aliphatic carbocycles. The number of nitrogens with zero attached hydrogens (tertiary/aromatic N) is 1. The molecule has 5 rings (SSSR count). The molecule has 31 heavy (non-hydrogen) atoms. The Kier molecular flexibility index (Phi) is 4.43. The molecule has 4 aromatic rings. The molecule has 0 saturated heterocycles. The van der Waals surface area contributed by atoms with E-state index in [-0.39, 0.29) is 26.7 Å². The minimum Gasteiger partial charge on any atom is -0.436 e. The van der Waals surface area contributed by atoms with E-state index in [1.807, 2.05) is 20.8 Å². The van der Waals surface area contributed by atoms with Crippen molar-refractivity contribution in [3.8, 4) is 11.5 Å². The number of furan rings is 1. The summed E-state index contributed by atoms with van der Waals surface area (Å²) in [5, 5.41) is 0.438. The first-order chi connectivity index (χ1) is 14.7. The van der Waals surface area contributed by atoms with E-state index < -0.39 is 11.6 Å². The van der Waals surface area contributed by atoms with Crippen molar-refractivity contribution in [2.75, 3.05) is 0 Å². The number of allylic oxidation sites excluding steroid dienone is 1. The molecule has 7 heteroatoms. The van der Waals surface area contributed by atoms with Gasteiger partial charge in [0.2, 0.25) is 5.89 Å². The smallest absolute Gasteiger partial charge is 0.266 e. The van der Waals surface area contributed by atoms with E-state index in [9.17, 15) is 9.59 Å². The van der Waals surface area contributed by atoms with Crippen molar-refractivity contribution in [1.29, 1.82) is 0 Å². The summed E-state index contributed by atoms with van der Waals surface area (Å²) in [5.74, 6) is -0.0863. The summed E-state index contributed by atoms with van der Waals surface area (Å²) in [4.78, 5) is 29.9. The molecule has 0 atom stereocenters. The second-order valence-corrected chi connectivity index (χ2v) is 8.45. The van der Waals surface area contributed by atoms with E-state index in [1.54, 1.807) is 6.07 Å². The first-order valence-corrected chi connectivity index (χ1v) is 10.3. The standard InChI is InChI=1S/C24H15Cl2NO4/c1-10-4-11(2)20(12(3)5-10)24-27-23-19(31-24)7-13(30-23)6-16-21(28)14-8-17(25)18(26)9-15(14)22(16)29/h4-9H,1-3H3. The van der Waals surface area contributed by atoms with Crippen LogP contribution < -0.4 is 0 Å². The third kappa shape index (κ3) is 3.12. The van der Waals surface area contributed by atoms with Crippen LogP contribution in [-0.4, -0.2) is 16.6 Å². The number of hydrogen-bond acceptors (Lipinski definition) is 5. The highest BCUT2D eigenvalue weighted by Crippen LogP contribution is 2.36. The molecule has 0 saturated carbocycles. The van der Waals surface area contributed by atoms with Gasteiger partial charge in [-0.05, 0) is 50.1 Å². The lowest BCUT2D eigenvalue weighted by Gasteiger charge is -2.07. The molecule has 0 amide bonds. The summed E-state index contributed by atoms with van der Waals surface area (Å²) in [6.07, 6.45) is 1.39. The van der Waals surface area contributed by atoms with E-state index in [2.05, 4.69) is 17.1 Å². The number of hydrogen-bond donors (Lipinski definition) is 0. The lowest BCUT2D eigenvalue weighted by Crippen LogP contribution is -1.99. The van der Waals surface area contributed by atoms with Crippen LogP contribution in [0.15, 0.2) is 44.7 Å². The van der Waals surface area contributed by atoms with Crippen LogP contribution in [0.3, 0.4) is 0 Å². The highest BCUT2D eigenvalue weighted by Gasteiger charge is 2.34. The van der Waals surface area contributed by atoms with Gasteiger partial charge in [0.1, 0.15) is 5.76 Å². The van der Waals surface area contributed by atoms with Crippen LogP contribution in [-0.2, 0) is 0 Å². The fourth-order valence-electron chi connectivity index (χ4n) is 4.04. The number of carbonyl (C=O) groups is 2. The number of ketones is 2. The number of oxazole rings is 1. The minimum atomic E-state index is -0.425. The summed E-state index contributed by atoms with van der Waals surface area (Å²) < 4.78 is 11.6. The van der Waals surface area contributed by atoms with Crippen molar-refractivity contribution in [2.24, 2.45) is 0 Å². The van der Waals surface area contributed by atoms with Gasteiger partial charge < -0.3 is 8.83 Å². The lowest BCUT2D eigenvalue weighted by atomic mass is 10.00. The van der Waals surface area contributed by atoms with Crippen LogP contribution in [0.1, 0.15) is 43.2 Å². The molecular formula is C24H15Cl2NO4. The molecule has 2 aromatic heterocycles. The van der Waals surface area contributed by atoms with Gasteiger partial charge in [-0.15, -0.1) is 0 Å². The fourth-order valence-corrected chi connectivity index (χ4v) is 4.36.